The molecule has 18 heavy (non-hydrogen) atoms. The average Bonchev–Trinajstić information content (AvgIpc) is 3.14. The van der Waals surface area contributed by atoms with Crippen LogP contribution in [-0.2, 0) is 16.0 Å². The summed E-state index contributed by atoms with van der Waals surface area (Å²) in [6.45, 7) is 0. The zero-order valence-corrected chi connectivity index (χ0v) is 9.86. The molecular weight excluding hydrogens is 235 g/mol. The predicted molar refractivity (Wildman–Crippen MR) is 64.0 cm³/mol. The van der Waals surface area contributed by atoms with Crippen molar-refractivity contribution in [2.24, 2.45) is 11.7 Å². The third-order valence-electron chi connectivity index (χ3n) is 2.96. The predicted octanol–water partition coefficient (Wildman–Crippen LogP) is 0.748. The molecule has 2 amide bonds. The van der Waals surface area contributed by atoms with Gasteiger partial charge in [-0.2, -0.15) is 0 Å². The van der Waals surface area contributed by atoms with Gasteiger partial charge in [0.2, 0.25) is 11.8 Å². The fraction of sp³-hybridized carbons (Fsp3) is 0.385. The first-order valence-corrected chi connectivity index (χ1v) is 5.90. The molecule has 0 spiro atoms. The summed E-state index contributed by atoms with van der Waals surface area (Å²) in [6.07, 6.45) is 2.02. The lowest BCUT2D eigenvalue weighted by atomic mass is 10.1. The van der Waals surface area contributed by atoms with E-state index in [0.717, 1.165) is 18.4 Å². The van der Waals surface area contributed by atoms with E-state index in [9.17, 15) is 14.0 Å². The number of nitrogens with two attached hydrogens (primary N) is 1. The molecular formula is C13H15FN2O2. The van der Waals surface area contributed by atoms with Crippen LogP contribution in [0.25, 0.3) is 0 Å². The third kappa shape index (κ3) is 3.29. The van der Waals surface area contributed by atoms with E-state index in [1.165, 1.54) is 12.1 Å². The average molecular weight is 250 g/mol. The second kappa shape index (κ2) is 5.16. The van der Waals surface area contributed by atoms with E-state index < -0.39 is 11.9 Å². The van der Waals surface area contributed by atoms with Gasteiger partial charge >= 0.3 is 0 Å². The first-order chi connectivity index (χ1) is 8.56. The third-order valence-corrected chi connectivity index (χ3v) is 2.96. The number of amides is 2. The van der Waals surface area contributed by atoms with Gasteiger partial charge in [-0.05, 0) is 30.5 Å². The number of carbonyl (C=O) groups is 2. The molecule has 0 unspecified atom stereocenters. The normalized spacial score (nSPS) is 16.1. The molecule has 1 atom stereocenters. The van der Waals surface area contributed by atoms with E-state index >= 15 is 0 Å². The summed E-state index contributed by atoms with van der Waals surface area (Å²) in [7, 11) is 0. The minimum atomic E-state index is -0.733. The van der Waals surface area contributed by atoms with Gasteiger partial charge < -0.3 is 11.1 Å². The molecule has 1 aromatic rings. The van der Waals surface area contributed by atoms with Gasteiger partial charge in [0.25, 0.3) is 0 Å². The zero-order valence-electron chi connectivity index (χ0n) is 9.86. The van der Waals surface area contributed by atoms with Gasteiger partial charge in [0.1, 0.15) is 11.9 Å². The molecule has 1 aromatic carbocycles. The fourth-order valence-electron chi connectivity index (χ4n) is 1.71. The monoisotopic (exact) mass is 250 g/mol. The smallest absolute Gasteiger partial charge is 0.240 e. The maximum Gasteiger partial charge on any atom is 0.240 e. The summed E-state index contributed by atoms with van der Waals surface area (Å²) in [5.74, 6) is -1.01. The Labute approximate surface area is 104 Å². The minimum Gasteiger partial charge on any atom is -0.368 e. The van der Waals surface area contributed by atoms with Crippen LogP contribution in [0.3, 0.4) is 0 Å². The molecule has 1 aliphatic carbocycles. The summed E-state index contributed by atoms with van der Waals surface area (Å²) in [4.78, 5) is 22.9. The Balaban J connectivity index is 1.99. The lowest BCUT2D eigenvalue weighted by Crippen LogP contribution is -2.46. The van der Waals surface area contributed by atoms with Crippen LogP contribution in [0.15, 0.2) is 24.3 Å². The van der Waals surface area contributed by atoms with Gasteiger partial charge in [0, 0.05) is 12.3 Å². The largest absolute Gasteiger partial charge is 0.368 e. The van der Waals surface area contributed by atoms with E-state index in [2.05, 4.69) is 5.32 Å². The highest BCUT2D eigenvalue weighted by atomic mass is 19.1. The van der Waals surface area contributed by atoms with Crippen molar-refractivity contribution in [1.82, 2.24) is 5.32 Å². The van der Waals surface area contributed by atoms with E-state index in [4.69, 9.17) is 5.73 Å². The second-order valence-electron chi connectivity index (χ2n) is 4.57. The minimum absolute atomic E-state index is 0.0278. The molecule has 2 rings (SSSR count). The summed E-state index contributed by atoms with van der Waals surface area (Å²) < 4.78 is 12.7. The molecule has 0 aromatic heterocycles. The number of primary amides is 1. The maximum absolute atomic E-state index is 12.7. The Morgan fingerprint density at radius 3 is 2.44 bits per heavy atom. The van der Waals surface area contributed by atoms with Crippen molar-refractivity contribution in [3.63, 3.8) is 0 Å². The Morgan fingerprint density at radius 2 is 1.94 bits per heavy atom. The van der Waals surface area contributed by atoms with Crippen LogP contribution in [0.1, 0.15) is 18.4 Å². The van der Waals surface area contributed by atoms with Crippen LogP contribution < -0.4 is 11.1 Å². The first kappa shape index (κ1) is 12.5. The number of halogens is 1. The van der Waals surface area contributed by atoms with Crippen molar-refractivity contribution in [1.29, 1.82) is 0 Å². The van der Waals surface area contributed by atoms with Crippen LogP contribution in [0, 0.1) is 11.7 Å². The Hall–Kier alpha value is -1.91. The summed E-state index contributed by atoms with van der Waals surface area (Å²) in [5, 5.41) is 2.63. The van der Waals surface area contributed by atoms with Crippen LogP contribution >= 0.6 is 0 Å². The molecule has 0 radical (unpaired) electrons. The highest BCUT2D eigenvalue weighted by Crippen LogP contribution is 2.28. The highest BCUT2D eigenvalue weighted by Gasteiger charge is 2.32. The Bertz CT molecular complexity index is 455. The first-order valence-electron chi connectivity index (χ1n) is 5.90. The molecule has 0 aliphatic heterocycles. The summed E-state index contributed by atoms with van der Waals surface area (Å²) in [6, 6.07) is 5.05. The van der Waals surface area contributed by atoms with Crippen LogP contribution in [0.5, 0.6) is 0 Å². The molecule has 4 nitrogen and oxygen atoms in total. The van der Waals surface area contributed by atoms with Crippen molar-refractivity contribution in [2.45, 2.75) is 25.3 Å². The lowest BCUT2D eigenvalue weighted by Gasteiger charge is -2.15. The fourth-order valence-corrected chi connectivity index (χ4v) is 1.71. The molecule has 96 valence electrons. The highest BCUT2D eigenvalue weighted by molar-refractivity contribution is 5.88. The molecule has 0 saturated heterocycles. The zero-order chi connectivity index (χ0) is 13.1. The number of nitrogens with one attached hydrogen (secondary N) is 1. The van der Waals surface area contributed by atoms with Crippen molar-refractivity contribution in [3.05, 3.63) is 35.6 Å². The van der Waals surface area contributed by atoms with Gasteiger partial charge in [0.05, 0.1) is 0 Å². The van der Waals surface area contributed by atoms with Crippen LogP contribution in [-0.4, -0.2) is 17.9 Å². The maximum atomic E-state index is 12.7. The Morgan fingerprint density at radius 1 is 1.33 bits per heavy atom. The van der Waals surface area contributed by atoms with Gasteiger partial charge in [-0.15, -0.1) is 0 Å². The van der Waals surface area contributed by atoms with Crippen molar-refractivity contribution in [3.8, 4) is 0 Å². The molecule has 1 saturated carbocycles. The van der Waals surface area contributed by atoms with Crippen molar-refractivity contribution >= 4 is 11.8 Å². The summed E-state index contributed by atoms with van der Waals surface area (Å²) in [5.41, 5.74) is 6.02. The van der Waals surface area contributed by atoms with Gasteiger partial charge in [-0.25, -0.2) is 4.39 Å². The number of hydrogen-bond acceptors (Lipinski definition) is 2. The van der Waals surface area contributed by atoms with Crippen LogP contribution in [0.4, 0.5) is 4.39 Å². The van der Waals surface area contributed by atoms with E-state index in [1.54, 1.807) is 12.1 Å². The molecule has 1 fully saturated rings. The topological polar surface area (TPSA) is 72.2 Å². The molecule has 0 bridgehead atoms. The van der Waals surface area contributed by atoms with Crippen molar-refractivity contribution < 1.29 is 14.0 Å². The van der Waals surface area contributed by atoms with E-state index in [0.29, 0.717) is 0 Å². The van der Waals surface area contributed by atoms with Gasteiger partial charge in [-0.1, -0.05) is 12.1 Å². The molecule has 0 heterocycles. The van der Waals surface area contributed by atoms with E-state index in [1.807, 2.05) is 0 Å². The second-order valence-corrected chi connectivity index (χ2v) is 4.57. The number of carbonyl (C=O) groups excluding carboxylic acids is 2. The molecule has 1 aliphatic rings. The quantitative estimate of drug-likeness (QED) is 0.809. The van der Waals surface area contributed by atoms with Gasteiger partial charge in [-0.3, -0.25) is 9.59 Å². The van der Waals surface area contributed by atoms with E-state index in [-0.39, 0.29) is 24.1 Å². The van der Waals surface area contributed by atoms with Gasteiger partial charge in [0.15, 0.2) is 0 Å². The molecule has 5 heteroatoms. The number of hydrogen-bond donors (Lipinski definition) is 2. The van der Waals surface area contributed by atoms with Crippen molar-refractivity contribution in [2.75, 3.05) is 0 Å². The van der Waals surface area contributed by atoms with Crippen LogP contribution in [0.2, 0.25) is 0 Å². The lowest BCUT2D eigenvalue weighted by molar-refractivity contribution is -0.128. The molecule has 3 N–H and O–H groups in total. The number of benzene rings is 1. The standard InChI is InChI=1S/C13H15FN2O2/c14-10-5-1-8(2-6-10)7-11(12(15)17)16-13(18)9-3-4-9/h1-2,5-6,9,11H,3-4,7H2,(H2,15,17)(H,16,18)/t11-/m0/s1. The number of rotatable bonds is 5. The summed E-state index contributed by atoms with van der Waals surface area (Å²) >= 11 is 0. The SMILES string of the molecule is NC(=O)[C@H](Cc1ccc(F)cc1)NC(=O)C1CC1. The Kier molecular flexibility index (Phi) is 3.60.